The first-order valence-corrected chi connectivity index (χ1v) is 14.7. The molecular formula is C37H32N4O5. The highest BCUT2D eigenvalue weighted by atomic mass is 16.5. The normalized spacial score (nSPS) is 11.1. The number of hydrogen-bond acceptors (Lipinski definition) is 6. The van der Waals surface area contributed by atoms with E-state index in [0.29, 0.717) is 28.5 Å². The SMILES string of the molecule is Cc1ccc(C)n1-c1ccc(OCc2ccc(C(=O)N/N=C/c3c(OCC(=O)Nc4ccccc4)ccc4ccccc34)o2)cc1. The number of hydrazone groups is 1. The van der Waals surface area contributed by atoms with E-state index in [1.54, 1.807) is 30.3 Å². The Morgan fingerprint density at radius 2 is 1.54 bits per heavy atom. The third-order valence-electron chi connectivity index (χ3n) is 7.34. The molecule has 230 valence electrons. The highest BCUT2D eigenvalue weighted by Crippen LogP contribution is 2.27. The Bertz CT molecular complexity index is 1990. The van der Waals surface area contributed by atoms with E-state index in [9.17, 15) is 9.59 Å². The second-order valence-corrected chi connectivity index (χ2v) is 10.6. The number of aryl methyl sites for hydroxylation is 2. The fourth-order valence-electron chi connectivity index (χ4n) is 5.11. The molecule has 46 heavy (non-hydrogen) atoms. The van der Waals surface area contributed by atoms with Gasteiger partial charge in [-0.25, -0.2) is 5.43 Å². The number of carbonyl (C=O) groups excluding carboxylic acids is 2. The summed E-state index contributed by atoms with van der Waals surface area (Å²) in [4.78, 5) is 25.3. The summed E-state index contributed by atoms with van der Waals surface area (Å²) in [6, 6.07) is 35.8. The van der Waals surface area contributed by atoms with Crippen LogP contribution in [0.1, 0.15) is 33.3 Å². The van der Waals surface area contributed by atoms with Gasteiger partial charge in [0, 0.05) is 28.3 Å². The van der Waals surface area contributed by atoms with Gasteiger partial charge in [-0.3, -0.25) is 9.59 Å². The van der Waals surface area contributed by atoms with Gasteiger partial charge in [-0.2, -0.15) is 5.10 Å². The van der Waals surface area contributed by atoms with Gasteiger partial charge in [0.1, 0.15) is 23.9 Å². The summed E-state index contributed by atoms with van der Waals surface area (Å²) in [5.74, 6) is 0.903. The number of benzene rings is 4. The zero-order chi connectivity index (χ0) is 31.9. The molecule has 0 aliphatic carbocycles. The molecule has 2 amide bonds. The number of rotatable bonds is 11. The number of anilines is 1. The van der Waals surface area contributed by atoms with Gasteiger partial charge < -0.3 is 23.8 Å². The molecule has 0 radical (unpaired) electrons. The topological polar surface area (TPSA) is 107 Å². The van der Waals surface area contributed by atoms with E-state index in [1.165, 1.54) is 6.21 Å². The minimum absolute atomic E-state index is 0.0941. The Hall–Kier alpha value is -6.09. The average molecular weight is 613 g/mol. The third kappa shape index (κ3) is 7.00. The lowest BCUT2D eigenvalue weighted by molar-refractivity contribution is -0.118. The largest absolute Gasteiger partial charge is 0.486 e. The fourth-order valence-corrected chi connectivity index (χ4v) is 5.11. The molecule has 0 bridgehead atoms. The number of nitrogens with one attached hydrogen (secondary N) is 2. The molecule has 0 atom stereocenters. The van der Waals surface area contributed by atoms with Crippen LogP contribution in [0, 0.1) is 13.8 Å². The van der Waals surface area contributed by atoms with Crippen LogP contribution in [0.25, 0.3) is 16.5 Å². The first-order valence-electron chi connectivity index (χ1n) is 14.7. The second-order valence-electron chi connectivity index (χ2n) is 10.6. The standard InChI is InChI=1S/C37H32N4O5/c1-25-12-13-26(2)41(25)29-15-17-30(18-16-29)44-23-31-19-21-35(46-31)37(43)40-38-22-33-32-11-7-6-8-27(32)14-20-34(33)45-24-36(42)39-28-9-4-3-5-10-28/h3-22H,23-24H2,1-2H3,(H,39,42)(H,40,43)/b38-22+. The molecule has 0 saturated carbocycles. The zero-order valence-electron chi connectivity index (χ0n) is 25.4. The maximum absolute atomic E-state index is 12.8. The molecule has 0 saturated heterocycles. The number of amides is 2. The van der Waals surface area contributed by atoms with E-state index >= 15 is 0 Å². The molecule has 6 aromatic rings. The molecule has 0 aliphatic heterocycles. The van der Waals surface area contributed by atoms with Crippen molar-refractivity contribution in [1.29, 1.82) is 0 Å². The van der Waals surface area contributed by atoms with Crippen molar-refractivity contribution in [3.05, 3.63) is 144 Å². The number of hydrogen-bond donors (Lipinski definition) is 2. The first-order chi connectivity index (χ1) is 22.4. The molecule has 2 N–H and O–H groups in total. The van der Waals surface area contributed by atoms with Crippen molar-refractivity contribution >= 4 is 34.5 Å². The number of nitrogens with zero attached hydrogens (tertiary/aromatic N) is 2. The predicted octanol–water partition coefficient (Wildman–Crippen LogP) is 7.20. The Balaban J connectivity index is 1.07. The number of aromatic nitrogens is 1. The van der Waals surface area contributed by atoms with Crippen LogP contribution in [0.15, 0.2) is 125 Å². The van der Waals surface area contributed by atoms with E-state index in [-0.39, 0.29) is 24.9 Å². The molecular weight excluding hydrogens is 580 g/mol. The summed E-state index contributed by atoms with van der Waals surface area (Å²) >= 11 is 0. The van der Waals surface area contributed by atoms with Gasteiger partial charge in [-0.15, -0.1) is 0 Å². The van der Waals surface area contributed by atoms with Crippen molar-refractivity contribution in [2.75, 3.05) is 11.9 Å². The lowest BCUT2D eigenvalue weighted by Gasteiger charge is -2.12. The van der Waals surface area contributed by atoms with Crippen molar-refractivity contribution in [2.24, 2.45) is 5.10 Å². The number of carbonyl (C=O) groups is 2. The molecule has 4 aromatic carbocycles. The quantitative estimate of drug-likeness (QED) is 0.119. The number of furan rings is 1. The first kappa shape index (κ1) is 30.0. The van der Waals surface area contributed by atoms with E-state index in [2.05, 4.69) is 46.4 Å². The van der Waals surface area contributed by atoms with Gasteiger partial charge >= 0.3 is 5.91 Å². The lowest BCUT2D eigenvalue weighted by atomic mass is 10.0. The van der Waals surface area contributed by atoms with Crippen LogP contribution in [0.2, 0.25) is 0 Å². The van der Waals surface area contributed by atoms with Gasteiger partial charge in [0.05, 0.1) is 6.21 Å². The molecule has 2 heterocycles. The molecule has 2 aromatic heterocycles. The summed E-state index contributed by atoms with van der Waals surface area (Å²) < 4.78 is 19.6. The third-order valence-corrected chi connectivity index (χ3v) is 7.34. The summed E-state index contributed by atoms with van der Waals surface area (Å²) in [5.41, 5.74) is 7.18. The van der Waals surface area contributed by atoms with Gasteiger partial charge in [-0.1, -0.05) is 48.5 Å². The molecule has 6 rings (SSSR count). The summed E-state index contributed by atoms with van der Waals surface area (Å²) in [6.07, 6.45) is 1.50. The van der Waals surface area contributed by atoms with E-state index in [4.69, 9.17) is 13.9 Å². The minimum Gasteiger partial charge on any atom is -0.486 e. The minimum atomic E-state index is -0.519. The maximum Gasteiger partial charge on any atom is 0.307 e. The molecule has 0 unspecified atom stereocenters. The van der Waals surface area contributed by atoms with Crippen LogP contribution < -0.4 is 20.2 Å². The predicted molar refractivity (Wildman–Crippen MR) is 178 cm³/mol. The van der Waals surface area contributed by atoms with Crippen molar-refractivity contribution < 1.29 is 23.5 Å². The van der Waals surface area contributed by atoms with Gasteiger partial charge in [0.2, 0.25) is 0 Å². The molecule has 0 aliphatic rings. The summed E-state index contributed by atoms with van der Waals surface area (Å²) in [5, 5.41) is 8.78. The van der Waals surface area contributed by atoms with Crippen molar-refractivity contribution in [3.8, 4) is 17.2 Å². The number of fused-ring (bicyclic) bond motifs is 1. The van der Waals surface area contributed by atoms with Crippen molar-refractivity contribution in [1.82, 2.24) is 9.99 Å². The van der Waals surface area contributed by atoms with Crippen LogP contribution >= 0.6 is 0 Å². The van der Waals surface area contributed by atoms with Gasteiger partial charge in [-0.05, 0) is 91.3 Å². The molecule has 9 heteroatoms. The Morgan fingerprint density at radius 1 is 0.804 bits per heavy atom. The average Bonchev–Trinajstić information content (AvgIpc) is 3.69. The summed E-state index contributed by atoms with van der Waals surface area (Å²) in [6.45, 7) is 4.10. The van der Waals surface area contributed by atoms with Crippen LogP contribution in [0.3, 0.4) is 0 Å². The van der Waals surface area contributed by atoms with E-state index in [0.717, 1.165) is 27.8 Å². The van der Waals surface area contributed by atoms with Crippen LogP contribution in [0.4, 0.5) is 5.69 Å². The smallest absolute Gasteiger partial charge is 0.307 e. The fraction of sp³-hybridized carbons (Fsp3) is 0.108. The van der Waals surface area contributed by atoms with Gasteiger partial charge in [0.15, 0.2) is 12.4 Å². The van der Waals surface area contributed by atoms with E-state index in [1.807, 2.05) is 72.8 Å². The molecule has 0 spiro atoms. The number of para-hydroxylation sites is 1. The Labute approximate surface area is 266 Å². The zero-order valence-corrected chi connectivity index (χ0v) is 25.4. The molecule has 9 nitrogen and oxygen atoms in total. The van der Waals surface area contributed by atoms with Crippen molar-refractivity contribution in [3.63, 3.8) is 0 Å². The van der Waals surface area contributed by atoms with Crippen molar-refractivity contribution in [2.45, 2.75) is 20.5 Å². The lowest BCUT2D eigenvalue weighted by Crippen LogP contribution is -2.20. The Kier molecular flexibility index (Phi) is 8.92. The highest BCUT2D eigenvalue weighted by molar-refractivity contribution is 6.03. The second kappa shape index (κ2) is 13.7. The maximum atomic E-state index is 12.8. The van der Waals surface area contributed by atoms with Crippen LogP contribution in [-0.2, 0) is 11.4 Å². The Morgan fingerprint density at radius 3 is 2.33 bits per heavy atom. The van der Waals surface area contributed by atoms with E-state index < -0.39 is 5.91 Å². The van der Waals surface area contributed by atoms with Gasteiger partial charge in [0.25, 0.3) is 5.91 Å². The number of ether oxygens (including phenoxy) is 2. The monoisotopic (exact) mass is 612 g/mol. The molecule has 0 fully saturated rings. The highest BCUT2D eigenvalue weighted by Gasteiger charge is 2.13. The summed E-state index contributed by atoms with van der Waals surface area (Å²) in [7, 11) is 0. The van der Waals surface area contributed by atoms with Crippen LogP contribution in [0.5, 0.6) is 11.5 Å². The van der Waals surface area contributed by atoms with Crippen LogP contribution in [-0.4, -0.2) is 29.2 Å².